The van der Waals surface area contributed by atoms with Gasteiger partial charge in [0.2, 0.25) is 0 Å². The average Bonchev–Trinajstić information content (AvgIpc) is 3.85. The van der Waals surface area contributed by atoms with Crippen LogP contribution < -0.4 is 0 Å². The monoisotopic (exact) mass is 669 g/mol. The van der Waals surface area contributed by atoms with Crippen molar-refractivity contribution in [3.05, 3.63) is 164 Å². The van der Waals surface area contributed by atoms with Crippen LogP contribution in [0, 0.1) is 0 Å². The number of hydrogen-bond donors (Lipinski definition) is 0. The minimum absolute atomic E-state index is 0.848. The van der Waals surface area contributed by atoms with Gasteiger partial charge in [-0.25, -0.2) is 15.0 Å². The number of hydrogen-bond acceptors (Lipinski definition) is 4. The Hall–Kier alpha value is -6.63. The lowest BCUT2D eigenvalue weighted by molar-refractivity contribution is 1.18. The molecule has 0 aliphatic rings. The second-order valence-electron chi connectivity index (χ2n) is 12.9. The molecule has 0 spiro atoms. The first-order valence-electron chi connectivity index (χ1n) is 17.0. The predicted octanol–water partition coefficient (Wildman–Crippen LogP) is 11.8. The van der Waals surface area contributed by atoms with E-state index in [1.165, 1.54) is 43.6 Å². The van der Waals surface area contributed by atoms with Gasteiger partial charge < -0.3 is 9.13 Å². The summed E-state index contributed by atoms with van der Waals surface area (Å²) in [6, 6.07) is 53.9. The van der Waals surface area contributed by atoms with Crippen LogP contribution in [0.15, 0.2) is 164 Å². The first-order chi connectivity index (χ1) is 25.3. The van der Waals surface area contributed by atoms with E-state index < -0.39 is 0 Å². The molecule has 0 amide bonds. The Morgan fingerprint density at radius 2 is 0.902 bits per heavy atom. The molecule has 0 aliphatic heterocycles. The highest BCUT2D eigenvalue weighted by Gasteiger charge is 2.17. The zero-order valence-electron chi connectivity index (χ0n) is 27.2. The lowest BCUT2D eigenvalue weighted by atomic mass is 10.0. The summed E-state index contributed by atoms with van der Waals surface area (Å²) in [5.74, 6) is 0. The van der Waals surface area contributed by atoms with Crippen molar-refractivity contribution < 1.29 is 0 Å². The Bertz CT molecular complexity index is 2920. The van der Waals surface area contributed by atoms with Gasteiger partial charge in [-0.3, -0.25) is 0 Å². The molecule has 0 unspecified atom stereocenters. The van der Waals surface area contributed by atoms with Gasteiger partial charge in [0.25, 0.3) is 0 Å². The molecule has 6 aromatic carbocycles. The van der Waals surface area contributed by atoms with Crippen LogP contribution in [0.1, 0.15) is 0 Å². The highest BCUT2D eigenvalue weighted by atomic mass is 32.1. The number of pyridine rings is 1. The van der Waals surface area contributed by atoms with Crippen LogP contribution in [0.3, 0.4) is 0 Å². The van der Waals surface area contributed by atoms with E-state index >= 15 is 0 Å². The van der Waals surface area contributed by atoms with Crippen LogP contribution in [-0.4, -0.2) is 24.1 Å². The van der Waals surface area contributed by atoms with Gasteiger partial charge in [0.05, 0.1) is 34.0 Å². The van der Waals surface area contributed by atoms with Gasteiger partial charge in [-0.2, -0.15) is 0 Å². The molecule has 0 fully saturated rings. The quantitative estimate of drug-likeness (QED) is 0.187. The van der Waals surface area contributed by atoms with Crippen molar-refractivity contribution >= 4 is 75.5 Å². The third kappa shape index (κ3) is 4.30. The molecule has 0 saturated carbocycles. The first-order valence-corrected chi connectivity index (χ1v) is 17.8. The van der Waals surface area contributed by atoms with Crippen LogP contribution >= 0.6 is 11.3 Å². The summed E-state index contributed by atoms with van der Waals surface area (Å²) >= 11 is 1.59. The summed E-state index contributed by atoms with van der Waals surface area (Å²) in [4.78, 5) is 16.9. The Balaban J connectivity index is 1.04. The van der Waals surface area contributed by atoms with Gasteiger partial charge in [-0.05, 0) is 72.3 Å². The van der Waals surface area contributed by atoms with E-state index in [4.69, 9.17) is 15.0 Å². The normalized spacial score (nSPS) is 11.9. The molecule has 0 aliphatic carbocycles. The molecule has 5 heterocycles. The number of para-hydroxylation sites is 4. The van der Waals surface area contributed by atoms with Crippen molar-refractivity contribution in [1.29, 1.82) is 0 Å². The Kier molecular flexibility index (Phi) is 6.05. The van der Waals surface area contributed by atoms with Gasteiger partial charge >= 0.3 is 0 Å². The van der Waals surface area contributed by atoms with Crippen molar-refractivity contribution in [1.82, 2.24) is 24.1 Å². The summed E-state index contributed by atoms with van der Waals surface area (Å²) in [7, 11) is 0. The van der Waals surface area contributed by atoms with Crippen molar-refractivity contribution in [3.8, 4) is 33.8 Å². The molecule has 0 saturated heterocycles. The molecule has 0 radical (unpaired) electrons. The number of benzene rings is 6. The van der Waals surface area contributed by atoms with Crippen molar-refractivity contribution in [2.45, 2.75) is 0 Å². The van der Waals surface area contributed by atoms with E-state index in [0.29, 0.717) is 0 Å². The maximum atomic E-state index is 5.25. The maximum absolute atomic E-state index is 5.25. The molecule has 238 valence electrons. The van der Waals surface area contributed by atoms with Crippen LogP contribution in [0.25, 0.3) is 97.9 Å². The summed E-state index contributed by atoms with van der Waals surface area (Å²) in [5, 5.41) is 5.87. The molecule has 0 bridgehead atoms. The van der Waals surface area contributed by atoms with Crippen molar-refractivity contribution in [3.63, 3.8) is 0 Å². The third-order valence-electron chi connectivity index (χ3n) is 10.0. The fourth-order valence-corrected chi connectivity index (χ4v) is 8.63. The smallest absolute Gasteiger partial charge is 0.144 e. The number of thiophene rings is 1. The van der Waals surface area contributed by atoms with Crippen LogP contribution in [-0.2, 0) is 0 Å². The summed E-state index contributed by atoms with van der Waals surface area (Å²) in [5.41, 5.74) is 12.0. The topological polar surface area (TPSA) is 48.5 Å². The largest absolute Gasteiger partial charge is 0.309 e. The molecule has 51 heavy (non-hydrogen) atoms. The fraction of sp³-hybridized carbons (Fsp3) is 0. The Labute approximate surface area is 296 Å². The number of fused-ring (bicyclic) bond motifs is 9. The average molecular weight is 670 g/mol. The van der Waals surface area contributed by atoms with Crippen LogP contribution in [0.5, 0.6) is 0 Å². The van der Waals surface area contributed by atoms with E-state index in [1.807, 2.05) is 12.4 Å². The number of nitrogens with zero attached hydrogens (tertiary/aromatic N) is 5. The summed E-state index contributed by atoms with van der Waals surface area (Å²) < 4.78 is 4.68. The second-order valence-corrected chi connectivity index (χ2v) is 13.9. The van der Waals surface area contributed by atoms with E-state index in [1.54, 1.807) is 11.3 Å². The van der Waals surface area contributed by atoms with Gasteiger partial charge in [-0.15, -0.1) is 0 Å². The van der Waals surface area contributed by atoms with E-state index in [2.05, 4.69) is 161 Å². The first kappa shape index (κ1) is 28.2. The third-order valence-corrected chi connectivity index (χ3v) is 11.1. The summed E-state index contributed by atoms with van der Waals surface area (Å²) in [6.45, 7) is 0. The number of aromatic nitrogens is 5. The van der Waals surface area contributed by atoms with Crippen LogP contribution in [0.4, 0.5) is 0 Å². The Morgan fingerprint density at radius 1 is 0.392 bits per heavy atom. The molecule has 11 aromatic rings. The minimum atomic E-state index is 0.848. The van der Waals surface area contributed by atoms with Gasteiger partial charge in [0.15, 0.2) is 0 Å². The maximum Gasteiger partial charge on any atom is 0.144 e. The highest BCUT2D eigenvalue weighted by Crippen LogP contribution is 2.39. The summed E-state index contributed by atoms with van der Waals surface area (Å²) in [6.07, 6.45) is 3.87. The van der Waals surface area contributed by atoms with Crippen LogP contribution in [0.2, 0.25) is 0 Å². The molecule has 5 nitrogen and oxygen atoms in total. The van der Waals surface area contributed by atoms with Gasteiger partial charge in [-0.1, -0.05) is 96.3 Å². The molecule has 11 rings (SSSR count). The SMILES string of the molecule is c1ccc(-n2c3ccccc3c3cc(-c4cnc5sc6ncc(-c7ccc8c(c7)c7ccccc7n8-c7ccccc7)nc6c5c4)ccc32)cc1. The second kappa shape index (κ2) is 10.9. The molecule has 0 atom stereocenters. The molecule has 5 aromatic heterocycles. The molecular formula is C45H27N5S. The van der Waals surface area contributed by atoms with E-state index in [-0.39, 0.29) is 0 Å². The highest BCUT2D eigenvalue weighted by molar-refractivity contribution is 7.25. The van der Waals surface area contributed by atoms with Gasteiger partial charge in [0.1, 0.15) is 15.2 Å². The predicted molar refractivity (Wildman–Crippen MR) is 212 cm³/mol. The standard InChI is InChI=1S/C45H27N5S/c1-3-11-31(12-4-1)49-39-17-9-7-15-33(39)35-23-28(19-21-41(35)49)30-25-37-43-45(51-44(37)46-26-30)47-27-38(48-43)29-20-22-42-36(24-29)34-16-8-10-18-40(34)50(42)32-13-5-2-6-14-32/h1-27H. The minimum Gasteiger partial charge on any atom is -0.309 e. The lowest BCUT2D eigenvalue weighted by Gasteiger charge is -2.08. The van der Waals surface area contributed by atoms with E-state index in [9.17, 15) is 0 Å². The van der Waals surface area contributed by atoms with Crippen molar-refractivity contribution in [2.24, 2.45) is 0 Å². The Morgan fingerprint density at radius 3 is 1.55 bits per heavy atom. The number of rotatable bonds is 4. The zero-order chi connectivity index (χ0) is 33.5. The molecule has 0 N–H and O–H groups in total. The van der Waals surface area contributed by atoms with Gasteiger partial charge in [0, 0.05) is 55.6 Å². The van der Waals surface area contributed by atoms with Crippen molar-refractivity contribution in [2.75, 3.05) is 0 Å². The zero-order valence-corrected chi connectivity index (χ0v) is 28.0. The molecule has 6 heteroatoms. The van der Waals surface area contributed by atoms with E-state index in [0.717, 1.165) is 54.3 Å². The fourth-order valence-electron chi connectivity index (χ4n) is 7.72. The lowest BCUT2D eigenvalue weighted by Crippen LogP contribution is -1.93. The molecular weight excluding hydrogens is 643 g/mol.